The summed E-state index contributed by atoms with van der Waals surface area (Å²) in [6.45, 7) is 2.96. The van der Waals surface area contributed by atoms with Crippen molar-refractivity contribution in [2.45, 2.75) is 19.9 Å². The van der Waals surface area contributed by atoms with Gasteiger partial charge in [-0.05, 0) is 23.6 Å². The average molecular weight is 278 g/mol. The van der Waals surface area contributed by atoms with E-state index in [1.54, 1.807) is 12.4 Å². The first-order valence-corrected chi connectivity index (χ1v) is 7.06. The van der Waals surface area contributed by atoms with E-state index in [1.165, 1.54) is 11.1 Å². The summed E-state index contributed by atoms with van der Waals surface area (Å²) >= 11 is 0. The molecule has 0 radical (unpaired) electrons. The number of hydrogen-bond donors (Lipinski definition) is 1. The Kier molecular flexibility index (Phi) is 3.69. The zero-order valence-electron chi connectivity index (χ0n) is 12.0. The molecular formula is C17H18N4. The Balaban J connectivity index is 1.99. The predicted octanol–water partition coefficient (Wildman–Crippen LogP) is 3.14. The van der Waals surface area contributed by atoms with E-state index in [9.17, 15) is 0 Å². The van der Waals surface area contributed by atoms with Crippen LogP contribution in [0.25, 0.3) is 11.3 Å². The van der Waals surface area contributed by atoms with Crippen LogP contribution in [0.1, 0.15) is 18.1 Å². The third kappa shape index (κ3) is 2.65. The third-order valence-corrected chi connectivity index (χ3v) is 3.68. The second-order valence-electron chi connectivity index (χ2n) is 4.99. The molecule has 0 fully saturated rings. The summed E-state index contributed by atoms with van der Waals surface area (Å²) < 4.78 is 2.11. The lowest BCUT2D eigenvalue weighted by atomic mass is 10.1. The van der Waals surface area contributed by atoms with Gasteiger partial charge in [-0.2, -0.15) is 0 Å². The highest BCUT2D eigenvalue weighted by atomic mass is 15.0. The molecule has 0 saturated heterocycles. The van der Waals surface area contributed by atoms with Crippen LogP contribution in [0.3, 0.4) is 0 Å². The summed E-state index contributed by atoms with van der Waals surface area (Å²) in [5.41, 5.74) is 11.3. The molecule has 3 rings (SSSR count). The first kappa shape index (κ1) is 13.4. The number of nitrogen functional groups attached to an aromatic ring is 1. The summed E-state index contributed by atoms with van der Waals surface area (Å²) in [7, 11) is 0. The molecule has 0 spiro atoms. The van der Waals surface area contributed by atoms with E-state index in [1.807, 2.05) is 18.6 Å². The van der Waals surface area contributed by atoms with Gasteiger partial charge in [0.15, 0.2) is 0 Å². The fourth-order valence-corrected chi connectivity index (χ4v) is 2.53. The SMILES string of the molecule is CCc1ccccc1Cn1cncc1-c1cnccc1N. The Hall–Kier alpha value is -2.62. The molecule has 0 aliphatic rings. The van der Waals surface area contributed by atoms with E-state index in [0.29, 0.717) is 0 Å². The lowest BCUT2D eigenvalue weighted by molar-refractivity contribution is 0.793. The first-order chi connectivity index (χ1) is 10.3. The topological polar surface area (TPSA) is 56.7 Å². The van der Waals surface area contributed by atoms with Gasteiger partial charge in [-0.1, -0.05) is 31.2 Å². The Morgan fingerprint density at radius 2 is 1.86 bits per heavy atom. The number of pyridine rings is 1. The highest BCUT2D eigenvalue weighted by Crippen LogP contribution is 2.25. The van der Waals surface area contributed by atoms with Crippen molar-refractivity contribution >= 4 is 5.69 Å². The molecule has 3 aromatic rings. The normalized spacial score (nSPS) is 10.7. The van der Waals surface area contributed by atoms with E-state index in [4.69, 9.17) is 5.73 Å². The van der Waals surface area contributed by atoms with Gasteiger partial charge in [0.25, 0.3) is 0 Å². The van der Waals surface area contributed by atoms with Crippen LogP contribution in [0.2, 0.25) is 0 Å². The fraction of sp³-hybridized carbons (Fsp3) is 0.176. The molecular weight excluding hydrogens is 260 g/mol. The van der Waals surface area contributed by atoms with Crippen LogP contribution in [0.15, 0.2) is 55.2 Å². The first-order valence-electron chi connectivity index (χ1n) is 7.06. The van der Waals surface area contributed by atoms with Crippen molar-refractivity contribution in [2.75, 3.05) is 5.73 Å². The van der Waals surface area contributed by atoms with Crippen molar-refractivity contribution in [3.63, 3.8) is 0 Å². The second-order valence-corrected chi connectivity index (χ2v) is 4.99. The quantitative estimate of drug-likeness (QED) is 0.797. The summed E-state index contributed by atoms with van der Waals surface area (Å²) in [5.74, 6) is 0. The van der Waals surface area contributed by atoms with E-state index in [2.05, 4.69) is 45.7 Å². The van der Waals surface area contributed by atoms with Crippen molar-refractivity contribution in [1.29, 1.82) is 0 Å². The molecule has 2 heterocycles. The van der Waals surface area contributed by atoms with Crippen molar-refractivity contribution in [1.82, 2.24) is 14.5 Å². The summed E-state index contributed by atoms with van der Waals surface area (Å²) in [6, 6.07) is 10.3. The minimum atomic E-state index is 0.718. The molecule has 0 saturated carbocycles. The Labute approximate surface area is 124 Å². The van der Waals surface area contributed by atoms with Gasteiger partial charge in [0, 0.05) is 30.2 Å². The van der Waals surface area contributed by atoms with Crippen LogP contribution >= 0.6 is 0 Å². The maximum atomic E-state index is 6.05. The van der Waals surface area contributed by atoms with Gasteiger partial charge < -0.3 is 10.3 Å². The van der Waals surface area contributed by atoms with E-state index < -0.39 is 0 Å². The Morgan fingerprint density at radius 1 is 1.05 bits per heavy atom. The van der Waals surface area contributed by atoms with Crippen LogP contribution < -0.4 is 5.73 Å². The van der Waals surface area contributed by atoms with Gasteiger partial charge in [-0.25, -0.2) is 4.98 Å². The highest BCUT2D eigenvalue weighted by molar-refractivity contribution is 5.72. The lowest BCUT2D eigenvalue weighted by Crippen LogP contribution is -2.04. The van der Waals surface area contributed by atoms with Gasteiger partial charge in [0.1, 0.15) is 0 Å². The largest absolute Gasteiger partial charge is 0.398 e. The number of anilines is 1. The minimum absolute atomic E-state index is 0.718. The molecule has 0 amide bonds. The number of imidazole rings is 1. The van der Waals surface area contributed by atoms with Gasteiger partial charge in [-0.3, -0.25) is 4.98 Å². The molecule has 2 N–H and O–H groups in total. The zero-order chi connectivity index (χ0) is 14.7. The van der Waals surface area contributed by atoms with Crippen molar-refractivity contribution in [2.24, 2.45) is 0 Å². The fourth-order valence-electron chi connectivity index (χ4n) is 2.53. The monoisotopic (exact) mass is 278 g/mol. The number of aromatic nitrogens is 3. The number of hydrogen-bond acceptors (Lipinski definition) is 3. The average Bonchev–Trinajstić information content (AvgIpc) is 2.96. The molecule has 0 unspecified atom stereocenters. The highest BCUT2D eigenvalue weighted by Gasteiger charge is 2.10. The number of aryl methyl sites for hydroxylation is 1. The van der Waals surface area contributed by atoms with E-state index >= 15 is 0 Å². The maximum Gasteiger partial charge on any atom is 0.0954 e. The second kappa shape index (κ2) is 5.79. The number of benzene rings is 1. The Bertz CT molecular complexity index is 746. The minimum Gasteiger partial charge on any atom is -0.398 e. The molecule has 21 heavy (non-hydrogen) atoms. The molecule has 106 valence electrons. The zero-order valence-corrected chi connectivity index (χ0v) is 12.0. The molecule has 0 atom stereocenters. The Morgan fingerprint density at radius 3 is 2.62 bits per heavy atom. The van der Waals surface area contributed by atoms with Gasteiger partial charge in [-0.15, -0.1) is 0 Å². The van der Waals surface area contributed by atoms with Crippen LogP contribution in [-0.4, -0.2) is 14.5 Å². The summed E-state index contributed by atoms with van der Waals surface area (Å²) in [4.78, 5) is 8.43. The van der Waals surface area contributed by atoms with E-state index in [0.717, 1.165) is 29.9 Å². The van der Waals surface area contributed by atoms with Gasteiger partial charge in [0.2, 0.25) is 0 Å². The smallest absolute Gasteiger partial charge is 0.0954 e. The molecule has 4 nitrogen and oxygen atoms in total. The van der Waals surface area contributed by atoms with Crippen LogP contribution in [0.4, 0.5) is 5.69 Å². The van der Waals surface area contributed by atoms with Crippen LogP contribution in [0.5, 0.6) is 0 Å². The molecule has 0 bridgehead atoms. The van der Waals surface area contributed by atoms with Crippen LogP contribution in [-0.2, 0) is 13.0 Å². The maximum absolute atomic E-state index is 6.05. The van der Waals surface area contributed by atoms with Crippen molar-refractivity contribution in [3.8, 4) is 11.3 Å². The summed E-state index contributed by atoms with van der Waals surface area (Å²) in [5, 5.41) is 0. The number of nitrogens with zero attached hydrogens (tertiary/aromatic N) is 3. The lowest BCUT2D eigenvalue weighted by Gasteiger charge is -2.12. The van der Waals surface area contributed by atoms with Gasteiger partial charge >= 0.3 is 0 Å². The van der Waals surface area contributed by atoms with Gasteiger partial charge in [0.05, 0.1) is 18.2 Å². The molecule has 2 aromatic heterocycles. The van der Waals surface area contributed by atoms with Crippen molar-refractivity contribution < 1.29 is 0 Å². The van der Waals surface area contributed by atoms with E-state index in [-0.39, 0.29) is 0 Å². The molecule has 1 aromatic carbocycles. The standard InChI is InChI=1S/C17H18N4/c1-2-13-5-3-4-6-14(13)11-21-12-20-10-17(21)15-9-19-8-7-16(15)18/h3-10,12H,2,11H2,1H3,(H2,18,19). The van der Waals surface area contributed by atoms with Crippen molar-refractivity contribution in [3.05, 3.63) is 66.4 Å². The number of rotatable bonds is 4. The van der Waals surface area contributed by atoms with Crippen LogP contribution in [0, 0.1) is 0 Å². The molecule has 4 heteroatoms. The summed E-state index contributed by atoms with van der Waals surface area (Å²) in [6.07, 6.45) is 8.19. The molecule has 0 aliphatic carbocycles. The molecule has 0 aliphatic heterocycles. The number of nitrogens with two attached hydrogens (primary N) is 1. The third-order valence-electron chi connectivity index (χ3n) is 3.68. The predicted molar refractivity (Wildman–Crippen MR) is 84.8 cm³/mol.